The van der Waals surface area contributed by atoms with E-state index in [0.717, 1.165) is 33.2 Å². The van der Waals surface area contributed by atoms with Gasteiger partial charge >= 0.3 is 0 Å². The van der Waals surface area contributed by atoms with E-state index in [0.29, 0.717) is 11.6 Å². The Hall–Kier alpha value is -4.54. The number of aromatic nitrogens is 4. The summed E-state index contributed by atoms with van der Waals surface area (Å²) in [5.41, 5.74) is 5.20. The first kappa shape index (κ1) is 20.8. The van der Waals surface area contributed by atoms with Gasteiger partial charge in [-0.15, -0.1) is 0 Å². The summed E-state index contributed by atoms with van der Waals surface area (Å²) in [6.07, 6.45) is 0. The molecule has 0 saturated heterocycles. The Morgan fingerprint density at radius 3 is 2.06 bits per heavy atom. The van der Waals surface area contributed by atoms with Crippen LogP contribution in [-0.4, -0.2) is 19.5 Å². The number of hydrogen-bond acceptors (Lipinski definition) is 3. The van der Waals surface area contributed by atoms with Gasteiger partial charge in [0, 0.05) is 27.6 Å². The molecule has 2 aromatic heterocycles. The van der Waals surface area contributed by atoms with Crippen LogP contribution in [0, 0.1) is 0 Å². The van der Waals surface area contributed by atoms with Crippen LogP contribution < -0.4 is 0 Å². The molecular weight excluding hydrogens is 464 g/mol. The molecule has 36 heavy (non-hydrogen) atoms. The lowest BCUT2D eigenvalue weighted by Gasteiger charge is -2.10. The number of fused-ring (bicyclic) bond motifs is 4. The maximum Gasteiger partial charge on any atom is 0.226 e. The van der Waals surface area contributed by atoms with Gasteiger partial charge in [-0.05, 0) is 58.8 Å². The number of benzene rings is 5. The predicted molar refractivity (Wildman–Crippen MR) is 148 cm³/mol. The van der Waals surface area contributed by atoms with Gasteiger partial charge in [-0.2, -0.15) is 9.97 Å². The van der Waals surface area contributed by atoms with Crippen LogP contribution in [0.2, 0.25) is 5.28 Å². The summed E-state index contributed by atoms with van der Waals surface area (Å²) >= 11 is 6.33. The highest BCUT2D eigenvalue weighted by atomic mass is 35.5. The van der Waals surface area contributed by atoms with Crippen LogP contribution in [0.3, 0.4) is 0 Å². The van der Waals surface area contributed by atoms with Crippen molar-refractivity contribution in [3.63, 3.8) is 0 Å². The summed E-state index contributed by atoms with van der Waals surface area (Å²) in [4.78, 5) is 13.5. The first-order valence-corrected chi connectivity index (χ1v) is 12.1. The number of para-hydroxylation sites is 1. The fraction of sp³-hybridized carbons (Fsp3) is 0. The minimum absolute atomic E-state index is 0.178. The first-order chi connectivity index (χ1) is 17.7. The Balaban J connectivity index is 1.44. The van der Waals surface area contributed by atoms with Crippen LogP contribution in [0.4, 0.5) is 0 Å². The van der Waals surface area contributed by atoms with Crippen LogP contribution in [0.15, 0.2) is 115 Å². The van der Waals surface area contributed by atoms with Gasteiger partial charge in [-0.1, -0.05) is 78.9 Å². The van der Waals surface area contributed by atoms with Crippen LogP contribution in [-0.2, 0) is 0 Å². The van der Waals surface area contributed by atoms with Gasteiger partial charge in [0.2, 0.25) is 5.28 Å². The van der Waals surface area contributed by atoms with Gasteiger partial charge in [0.25, 0.3) is 0 Å². The molecule has 0 atom stereocenters. The summed E-state index contributed by atoms with van der Waals surface area (Å²) in [6.45, 7) is 0. The highest BCUT2D eigenvalue weighted by Gasteiger charge is 2.15. The summed E-state index contributed by atoms with van der Waals surface area (Å²) in [5.74, 6) is 1.11. The molecule has 0 fully saturated rings. The molecule has 0 amide bonds. The highest BCUT2D eigenvalue weighted by molar-refractivity contribution is 6.28. The minimum Gasteiger partial charge on any atom is -0.309 e. The first-order valence-electron chi connectivity index (χ1n) is 11.7. The SMILES string of the molecule is Clc1nc(-c2ccccc2)nc(-c2ccc3c(c2)c2ccccc2n3-c2ccc3ccccc3c2)n1. The Morgan fingerprint density at radius 2 is 1.19 bits per heavy atom. The van der Waals surface area contributed by atoms with E-state index in [1.807, 2.05) is 30.3 Å². The molecule has 5 heteroatoms. The van der Waals surface area contributed by atoms with E-state index in [2.05, 4.69) is 99.5 Å². The number of rotatable bonds is 3. The fourth-order valence-electron chi connectivity index (χ4n) is 4.90. The number of hydrogen-bond donors (Lipinski definition) is 0. The molecule has 0 radical (unpaired) electrons. The Bertz CT molecular complexity index is 1910. The van der Waals surface area contributed by atoms with Crippen LogP contribution in [0.5, 0.6) is 0 Å². The van der Waals surface area contributed by atoms with Gasteiger partial charge in [-0.25, -0.2) is 4.98 Å². The third kappa shape index (κ3) is 3.43. The average Bonchev–Trinajstić information content (AvgIpc) is 3.27. The zero-order valence-electron chi connectivity index (χ0n) is 19.1. The smallest absolute Gasteiger partial charge is 0.226 e. The summed E-state index contributed by atoms with van der Waals surface area (Å²) in [6, 6.07) is 39.7. The molecule has 0 aliphatic carbocycles. The van der Waals surface area contributed by atoms with Gasteiger partial charge in [0.1, 0.15) is 0 Å². The lowest BCUT2D eigenvalue weighted by molar-refractivity contribution is 1.07. The van der Waals surface area contributed by atoms with Crippen molar-refractivity contribution in [2.45, 2.75) is 0 Å². The van der Waals surface area contributed by atoms with E-state index in [9.17, 15) is 0 Å². The van der Waals surface area contributed by atoms with E-state index in [1.165, 1.54) is 16.2 Å². The van der Waals surface area contributed by atoms with Gasteiger partial charge in [0.15, 0.2) is 11.6 Å². The van der Waals surface area contributed by atoms with E-state index in [4.69, 9.17) is 16.6 Å². The minimum atomic E-state index is 0.178. The van der Waals surface area contributed by atoms with Crippen LogP contribution >= 0.6 is 11.6 Å². The van der Waals surface area contributed by atoms with E-state index in [-0.39, 0.29) is 5.28 Å². The molecule has 2 heterocycles. The third-order valence-electron chi connectivity index (χ3n) is 6.56. The predicted octanol–water partition coefficient (Wildman–Crippen LogP) is 8.11. The topological polar surface area (TPSA) is 43.6 Å². The van der Waals surface area contributed by atoms with Crippen molar-refractivity contribution in [1.29, 1.82) is 0 Å². The van der Waals surface area contributed by atoms with Crippen LogP contribution in [0.25, 0.3) is 61.0 Å². The van der Waals surface area contributed by atoms with E-state index < -0.39 is 0 Å². The lowest BCUT2D eigenvalue weighted by Crippen LogP contribution is -1.97. The molecule has 7 aromatic rings. The van der Waals surface area contributed by atoms with Crippen molar-refractivity contribution in [3.8, 4) is 28.5 Å². The maximum absolute atomic E-state index is 6.33. The quantitative estimate of drug-likeness (QED) is 0.255. The molecule has 170 valence electrons. The Kier molecular flexibility index (Phi) is 4.79. The standard InChI is InChI=1S/C31H19ClN4/c32-31-34-29(21-9-2-1-3-10-21)33-30(35-31)23-15-17-28-26(19-23)25-12-6-7-13-27(25)36(28)24-16-14-20-8-4-5-11-22(20)18-24/h1-19H. The average molecular weight is 483 g/mol. The van der Waals surface area contributed by atoms with Crippen molar-refractivity contribution >= 4 is 44.2 Å². The van der Waals surface area contributed by atoms with Crippen molar-refractivity contribution in [1.82, 2.24) is 19.5 Å². The normalized spacial score (nSPS) is 11.5. The second kappa shape index (κ2) is 8.29. The monoisotopic (exact) mass is 482 g/mol. The zero-order chi connectivity index (χ0) is 24.1. The van der Waals surface area contributed by atoms with Gasteiger partial charge in [0.05, 0.1) is 11.0 Å². The molecule has 0 aliphatic heterocycles. The summed E-state index contributed by atoms with van der Waals surface area (Å²) < 4.78 is 2.32. The molecule has 7 rings (SSSR count). The summed E-state index contributed by atoms with van der Waals surface area (Å²) in [7, 11) is 0. The zero-order valence-corrected chi connectivity index (χ0v) is 19.9. The molecule has 0 spiro atoms. The lowest BCUT2D eigenvalue weighted by atomic mass is 10.1. The van der Waals surface area contributed by atoms with Gasteiger partial charge in [-0.3, -0.25) is 0 Å². The molecule has 4 nitrogen and oxygen atoms in total. The molecule has 0 bridgehead atoms. The van der Waals surface area contributed by atoms with E-state index in [1.54, 1.807) is 0 Å². The van der Waals surface area contributed by atoms with Crippen molar-refractivity contribution < 1.29 is 0 Å². The summed E-state index contributed by atoms with van der Waals surface area (Å²) in [5, 5.41) is 4.92. The molecule has 0 unspecified atom stereocenters. The second-order valence-corrected chi connectivity index (χ2v) is 9.07. The fourth-order valence-corrected chi connectivity index (χ4v) is 5.06. The van der Waals surface area contributed by atoms with Crippen molar-refractivity contribution in [3.05, 3.63) is 121 Å². The number of nitrogens with zero attached hydrogens (tertiary/aromatic N) is 4. The highest BCUT2D eigenvalue weighted by Crippen LogP contribution is 2.35. The van der Waals surface area contributed by atoms with Crippen molar-refractivity contribution in [2.24, 2.45) is 0 Å². The molecule has 5 aromatic carbocycles. The third-order valence-corrected chi connectivity index (χ3v) is 6.73. The Morgan fingerprint density at radius 1 is 0.500 bits per heavy atom. The van der Waals surface area contributed by atoms with Crippen LogP contribution in [0.1, 0.15) is 0 Å². The Labute approximate surface area is 212 Å². The number of halogens is 1. The van der Waals surface area contributed by atoms with E-state index >= 15 is 0 Å². The molecule has 0 aliphatic rings. The maximum atomic E-state index is 6.33. The molecule has 0 saturated carbocycles. The van der Waals surface area contributed by atoms with Gasteiger partial charge < -0.3 is 4.57 Å². The largest absolute Gasteiger partial charge is 0.309 e. The molecular formula is C31H19ClN4. The second-order valence-electron chi connectivity index (χ2n) is 8.73. The molecule has 0 N–H and O–H groups in total. The van der Waals surface area contributed by atoms with Crippen molar-refractivity contribution in [2.75, 3.05) is 0 Å².